The van der Waals surface area contributed by atoms with Crippen molar-refractivity contribution < 1.29 is 8.78 Å². The predicted octanol–water partition coefficient (Wildman–Crippen LogP) is 1.09. The van der Waals surface area contributed by atoms with Gasteiger partial charge in [-0.15, -0.1) is 12.4 Å². The average molecular weight is 344 g/mol. The van der Waals surface area contributed by atoms with Gasteiger partial charge in [-0.05, 0) is 5.57 Å². The van der Waals surface area contributed by atoms with E-state index in [1.165, 1.54) is 22.1 Å². The number of alkyl halides is 2. The molecule has 0 fully saturated rings. The second kappa shape index (κ2) is 6.34. The summed E-state index contributed by atoms with van der Waals surface area (Å²) in [4.78, 5) is 8.76. The molecular formula is C13H16ClF2N7. The van der Waals surface area contributed by atoms with Gasteiger partial charge in [0.25, 0.3) is 6.43 Å². The number of nitrogens with zero attached hydrogens (tertiary/aromatic N) is 5. The minimum Gasteiger partial charge on any atom is -0.312 e. The van der Waals surface area contributed by atoms with Crippen LogP contribution in [0.25, 0.3) is 11.2 Å². The number of aromatic nitrogens is 4. The van der Waals surface area contributed by atoms with Crippen LogP contribution < -0.4 is 15.8 Å². The number of rotatable bonds is 3. The lowest BCUT2D eigenvalue weighted by molar-refractivity contribution is 0.123. The molecule has 0 saturated carbocycles. The van der Waals surface area contributed by atoms with E-state index in [9.17, 15) is 8.78 Å². The lowest BCUT2D eigenvalue weighted by Gasteiger charge is -2.23. The van der Waals surface area contributed by atoms with E-state index < -0.39 is 13.0 Å². The maximum absolute atomic E-state index is 12.6. The first kappa shape index (κ1) is 16.0. The first-order valence-electron chi connectivity index (χ1n) is 7.14. The van der Waals surface area contributed by atoms with Crippen LogP contribution in [0.15, 0.2) is 23.7 Å². The Morgan fingerprint density at radius 1 is 1.26 bits per heavy atom. The Bertz CT molecular complexity index is 745. The number of nitrogens with one attached hydrogen (secondary N) is 2. The molecule has 0 aromatic carbocycles. The maximum atomic E-state index is 12.6. The van der Waals surface area contributed by atoms with Crippen molar-refractivity contribution in [2.24, 2.45) is 0 Å². The Morgan fingerprint density at radius 2 is 2.13 bits per heavy atom. The Morgan fingerprint density at radius 3 is 2.96 bits per heavy atom. The fourth-order valence-corrected chi connectivity index (χ4v) is 2.86. The SMILES string of the molecule is Cl.FC(F)Cn1ncc2ncc(N3NCC4=C3CCNC4)nc21. The van der Waals surface area contributed by atoms with E-state index >= 15 is 0 Å². The van der Waals surface area contributed by atoms with E-state index in [1.54, 1.807) is 6.20 Å². The highest BCUT2D eigenvalue weighted by atomic mass is 35.5. The van der Waals surface area contributed by atoms with Crippen molar-refractivity contribution in [3.05, 3.63) is 23.7 Å². The zero-order chi connectivity index (χ0) is 15.1. The molecule has 4 heterocycles. The average Bonchev–Trinajstić information content (AvgIpc) is 3.11. The predicted molar refractivity (Wildman–Crippen MR) is 83.6 cm³/mol. The van der Waals surface area contributed by atoms with E-state index in [0.29, 0.717) is 17.0 Å². The minimum absolute atomic E-state index is 0. The molecule has 0 unspecified atom stereocenters. The van der Waals surface area contributed by atoms with Crippen molar-refractivity contribution >= 4 is 29.4 Å². The Balaban J connectivity index is 0.00000156. The third kappa shape index (κ3) is 2.87. The molecule has 0 spiro atoms. The molecule has 10 heteroatoms. The van der Waals surface area contributed by atoms with Gasteiger partial charge in [-0.25, -0.2) is 28.9 Å². The molecule has 0 bridgehead atoms. The molecule has 124 valence electrons. The van der Waals surface area contributed by atoms with Gasteiger partial charge >= 0.3 is 0 Å². The molecule has 0 radical (unpaired) electrons. The molecule has 0 atom stereocenters. The van der Waals surface area contributed by atoms with E-state index in [4.69, 9.17) is 0 Å². The van der Waals surface area contributed by atoms with Crippen LogP contribution in [0.5, 0.6) is 0 Å². The first-order valence-corrected chi connectivity index (χ1v) is 7.14. The van der Waals surface area contributed by atoms with Gasteiger partial charge in [0.1, 0.15) is 12.1 Å². The maximum Gasteiger partial charge on any atom is 0.258 e. The largest absolute Gasteiger partial charge is 0.312 e. The Labute approximate surface area is 137 Å². The molecule has 2 aromatic rings. The molecule has 2 aromatic heterocycles. The van der Waals surface area contributed by atoms with E-state index in [2.05, 4.69) is 25.8 Å². The van der Waals surface area contributed by atoms with Crippen molar-refractivity contribution in [1.29, 1.82) is 0 Å². The summed E-state index contributed by atoms with van der Waals surface area (Å²) in [6.07, 6.45) is 1.53. The van der Waals surface area contributed by atoms with Gasteiger partial charge in [0.2, 0.25) is 0 Å². The van der Waals surface area contributed by atoms with Gasteiger partial charge in [-0.1, -0.05) is 0 Å². The second-order valence-corrected chi connectivity index (χ2v) is 5.30. The Kier molecular flexibility index (Phi) is 4.42. The zero-order valence-corrected chi connectivity index (χ0v) is 13.0. The fraction of sp³-hybridized carbons (Fsp3) is 0.462. The van der Waals surface area contributed by atoms with E-state index in [-0.39, 0.29) is 12.4 Å². The highest BCUT2D eigenvalue weighted by Gasteiger charge is 2.26. The number of hydrogen-bond acceptors (Lipinski definition) is 6. The van der Waals surface area contributed by atoms with Crippen molar-refractivity contribution in [3.63, 3.8) is 0 Å². The summed E-state index contributed by atoms with van der Waals surface area (Å²) in [6, 6.07) is 0. The van der Waals surface area contributed by atoms with Gasteiger partial charge < -0.3 is 5.32 Å². The van der Waals surface area contributed by atoms with Crippen LogP contribution in [-0.4, -0.2) is 45.8 Å². The molecule has 2 aliphatic heterocycles. The number of fused-ring (bicyclic) bond motifs is 1. The van der Waals surface area contributed by atoms with Gasteiger partial charge in [0.05, 0.1) is 12.4 Å². The van der Waals surface area contributed by atoms with Crippen molar-refractivity contribution in [2.45, 2.75) is 19.4 Å². The summed E-state index contributed by atoms with van der Waals surface area (Å²) in [7, 11) is 0. The van der Waals surface area contributed by atoms with Crippen LogP contribution in [-0.2, 0) is 6.54 Å². The summed E-state index contributed by atoms with van der Waals surface area (Å²) in [6.45, 7) is 2.05. The quantitative estimate of drug-likeness (QED) is 0.869. The van der Waals surface area contributed by atoms with Crippen molar-refractivity contribution in [3.8, 4) is 0 Å². The highest BCUT2D eigenvalue weighted by molar-refractivity contribution is 5.85. The topological polar surface area (TPSA) is 70.9 Å². The summed E-state index contributed by atoms with van der Waals surface area (Å²) in [5, 5.41) is 9.17. The zero-order valence-electron chi connectivity index (χ0n) is 12.2. The van der Waals surface area contributed by atoms with Crippen molar-refractivity contribution in [1.82, 2.24) is 30.5 Å². The molecule has 7 nitrogen and oxygen atoms in total. The Hall–Kier alpha value is -1.84. The molecule has 0 aliphatic carbocycles. The number of halogens is 3. The molecule has 2 aliphatic rings. The van der Waals surface area contributed by atoms with E-state index in [0.717, 1.165) is 26.1 Å². The van der Waals surface area contributed by atoms with Crippen LogP contribution in [0, 0.1) is 0 Å². The molecule has 2 N–H and O–H groups in total. The van der Waals surface area contributed by atoms with Gasteiger partial charge in [-0.2, -0.15) is 5.10 Å². The molecule has 0 amide bonds. The summed E-state index contributed by atoms with van der Waals surface area (Å²) < 4.78 is 26.4. The minimum atomic E-state index is -2.47. The normalized spacial score (nSPS) is 17.8. The molecule has 23 heavy (non-hydrogen) atoms. The van der Waals surface area contributed by atoms with Gasteiger partial charge in [0.15, 0.2) is 11.5 Å². The third-order valence-electron chi connectivity index (χ3n) is 3.88. The van der Waals surface area contributed by atoms with Crippen LogP contribution >= 0.6 is 12.4 Å². The van der Waals surface area contributed by atoms with Crippen LogP contribution in [0.1, 0.15) is 6.42 Å². The van der Waals surface area contributed by atoms with E-state index in [1.807, 2.05) is 5.01 Å². The van der Waals surface area contributed by atoms with Gasteiger partial charge in [0, 0.05) is 31.8 Å². The lowest BCUT2D eigenvalue weighted by Crippen LogP contribution is -2.33. The molecular weight excluding hydrogens is 328 g/mol. The smallest absolute Gasteiger partial charge is 0.258 e. The first-order chi connectivity index (χ1) is 10.7. The molecule has 0 saturated heterocycles. The number of hydrogen-bond donors (Lipinski definition) is 2. The van der Waals surface area contributed by atoms with Crippen LogP contribution in [0.4, 0.5) is 14.6 Å². The second-order valence-electron chi connectivity index (χ2n) is 5.30. The van der Waals surface area contributed by atoms with Crippen LogP contribution in [0.2, 0.25) is 0 Å². The lowest BCUT2D eigenvalue weighted by atomic mass is 10.1. The van der Waals surface area contributed by atoms with Crippen molar-refractivity contribution in [2.75, 3.05) is 24.6 Å². The van der Waals surface area contributed by atoms with Crippen LogP contribution in [0.3, 0.4) is 0 Å². The third-order valence-corrected chi connectivity index (χ3v) is 3.88. The molecule has 4 rings (SSSR count). The standard InChI is InChI=1S/C13H15F2N7.ClH/c14-11(15)7-21-13-9(5-18-21)17-6-12(20-13)22-10-1-2-16-3-8(10)4-19-22;/h5-6,11,16,19H,1-4,7H2;1H. The number of anilines is 1. The van der Waals surface area contributed by atoms with Gasteiger partial charge in [-0.3, -0.25) is 5.01 Å². The fourth-order valence-electron chi connectivity index (χ4n) is 2.86. The number of hydrazine groups is 1. The monoisotopic (exact) mass is 343 g/mol. The summed E-state index contributed by atoms with van der Waals surface area (Å²) >= 11 is 0. The summed E-state index contributed by atoms with van der Waals surface area (Å²) in [5.74, 6) is 0.607. The highest BCUT2D eigenvalue weighted by Crippen LogP contribution is 2.26. The summed E-state index contributed by atoms with van der Waals surface area (Å²) in [5.41, 5.74) is 6.65.